The third-order valence-corrected chi connectivity index (χ3v) is 3.97. The lowest BCUT2D eigenvalue weighted by molar-refractivity contribution is 0.0601. The van der Waals surface area contributed by atoms with Crippen LogP contribution in [0.5, 0.6) is 0 Å². The summed E-state index contributed by atoms with van der Waals surface area (Å²) in [6, 6.07) is 4.60. The molecule has 1 aromatic carbocycles. The van der Waals surface area contributed by atoms with Crippen molar-refractivity contribution in [1.29, 1.82) is 0 Å². The molecule has 2 rings (SSSR count). The standard InChI is InChI=1S/C13H7Cl4NO2/c1-20-13(19)7-4-11(16)18-5-8(7)6-2-9(14)12(17)10(15)3-6/h2-5H,1H3. The molecule has 2 aromatic rings. The van der Waals surface area contributed by atoms with Crippen molar-refractivity contribution in [2.24, 2.45) is 0 Å². The van der Waals surface area contributed by atoms with Gasteiger partial charge in [0.25, 0.3) is 0 Å². The molecule has 1 aromatic heterocycles. The molecule has 0 atom stereocenters. The van der Waals surface area contributed by atoms with E-state index in [1.54, 1.807) is 12.1 Å². The Hall–Kier alpha value is -1.000. The SMILES string of the molecule is COC(=O)c1cc(Cl)ncc1-c1cc(Cl)c(Cl)c(Cl)c1. The van der Waals surface area contributed by atoms with E-state index in [1.165, 1.54) is 19.4 Å². The van der Waals surface area contributed by atoms with Gasteiger partial charge in [0.15, 0.2) is 0 Å². The van der Waals surface area contributed by atoms with Crippen LogP contribution in [0.15, 0.2) is 24.4 Å². The van der Waals surface area contributed by atoms with Crippen LogP contribution in [0.1, 0.15) is 10.4 Å². The average molecular weight is 351 g/mol. The van der Waals surface area contributed by atoms with E-state index in [-0.39, 0.29) is 25.8 Å². The van der Waals surface area contributed by atoms with Gasteiger partial charge in [0, 0.05) is 11.8 Å². The number of hydrogen-bond donors (Lipinski definition) is 0. The maximum absolute atomic E-state index is 11.8. The molecule has 1 heterocycles. The lowest BCUT2D eigenvalue weighted by atomic mass is 10.0. The van der Waals surface area contributed by atoms with E-state index in [1.807, 2.05) is 0 Å². The van der Waals surface area contributed by atoms with Gasteiger partial charge in [0.2, 0.25) is 0 Å². The van der Waals surface area contributed by atoms with Crippen LogP contribution < -0.4 is 0 Å². The minimum absolute atomic E-state index is 0.181. The second kappa shape index (κ2) is 6.19. The summed E-state index contributed by atoms with van der Waals surface area (Å²) in [5, 5.41) is 0.985. The van der Waals surface area contributed by atoms with E-state index < -0.39 is 5.97 Å². The zero-order valence-electron chi connectivity index (χ0n) is 10.1. The second-order valence-corrected chi connectivity index (χ2v) is 5.38. The monoisotopic (exact) mass is 349 g/mol. The Morgan fingerprint density at radius 3 is 2.25 bits per heavy atom. The summed E-state index contributed by atoms with van der Waals surface area (Å²) in [6.07, 6.45) is 1.45. The van der Waals surface area contributed by atoms with E-state index >= 15 is 0 Å². The van der Waals surface area contributed by atoms with Crippen LogP contribution in [-0.2, 0) is 4.74 Å². The maximum atomic E-state index is 11.8. The summed E-state index contributed by atoms with van der Waals surface area (Å²) in [6.45, 7) is 0. The summed E-state index contributed by atoms with van der Waals surface area (Å²) < 4.78 is 4.72. The number of methoxy groups -OCH3 is 1. The van der Waals surface area contributed by atoms with Gasteiger partial charge in [0.05, 0.1) is 27.7 Å². The zero-order valence-corrected chi connectivity index (χ0v) is 13.1. The minimum Gasteiger partial charge on any atom is -0.465 e. The van der Waals surface area contributed by atoms with Gasteiger partial charge in [-0.2, -0.15) is 0 Å². The Labute approximate surface area is 135 Å². The van der Waals surface area contributed by atoms with Gasteiger partial charge in [-0.25, -0.2) is 9.78 Å². The van der Waals surface area contributed by atoms with Crippen molar-refractivity contribution >= 4 is 52.4 Å². The predicted molar refractivity (Wildman–Crippen MR) is 81.1 cm³/mol. The Kier molecular flexibility index (Phi) is 4.76. The number of pyridine rings is 1. The van der Waals surface area contributed by atoms with E-state index in [4.69, 9.17) is 51.1 Å². The highest BCUT2D eigenvalue weighted by Gasteiger charge is 2.17. The summed E-state index contributed by atoms with van der Waals surface area (Å²) in [5.74, 6) is -0.536. The van der Waals surface area contributed by atoms with Crippen LogP contribution in [0.3, 0.4) is 0 Å². The van der Waals surface area contributed by atoms with Crippen molar-refractivity contribution in [3.8, 4) is 11.1 Å². The average Bonchev–Trinajstić information content (AvgIpc) is 2.43. The highest BCUT2D eigenvalue weighted by Crippen LogP contribution is 2.36. The predicted octanol–water partition coefficient (Wildman–Crippen LogP) is 5.15. The highest BCUT2D eigenvalue weighted by atomic mass is 35.5. The molecule has 7 heteroatoms. The van der Waals surface area contributed by atoms with Gasteiger partial charge in [-0.3, -0.25) is 0 Å². The normalized spacial score (nSPS) is 10.4. The number of rotatable bonds is 2. The first-order valence-electron chi connectivity index (χ1n) is 5.32. The molecule has 0 spiro atoms. The molecule has 0 aliphatic heterocycles. The van der Waals surface area contributed by atoms with Gasteiger partial charge < -0.3 is 4.74 Å². The third kappa shape index (κ3) is 3.01. The van der Waals surface area contributed by atoms with Crippen LogP contribution >= 0.6 is 46.4 Å². The van der Waals surface area contributed by atoms with Crippen molar-refractivity contribution in [2.45, 2.75) is 0 Å². The van der Waals surface area contributed by atoms with Crippen LogP contribution in [0.4, 0.5) is 0 Å². The Morgan fingerprint density at radius 2 is 1.70 bits per heavy atom. The minimum atomic E-state index is -0.536. The quantitative estimate of drug-likeness (QED) is 0.427. The largest absolute Gasteiger partial charge is 0.465 e. The first-order chi connectivity index (χ1) is 9.43. The number of hydrogen-bond acceptors (Lipinski definition) is 3. The van der Waals surface area contributed by atoms with Crippen molar-refractivity contribution < 1.29 is 9.53 Å². The summed E-state index contributed by atoms with van der Waals surface area (Å²) in [4.78, 5) is 15.7. The Balaban J connectivity index is 2.66. The molecule has 0 bridgehead atoms. The molecule has 0 amide bonds. The molecule has 104 valence electrons. The van der Waals surface area contributed by atoms with E-state index in [0.717, 1.165) is 0 Å². The van der Waals surface area contributed by atoms with Crippen LogP contribution in [0, 0.1) is 0 Å². The lowest BCUT2D eigenvalue weighted by Crippen LogP contribution is -2.04. The molecular weight excluding hydrogens is 344 g/mol. The topological polar surface area (TPSA) is 39.2 Å². The number of esters is 1. The maximum Gasteiger partial charge on any atom is 0.338 e. The molecule has 0 aliphatic rings. The molecule has 0 N–H and O–H groups in total. The lowest BCUT2D eigenvalue weighted by Gasteiger charge is -2.10. The second-order valence-electron chi connectivity index (χ2n) is 3.80. The molecule has 0 aliphatic carbocycles. The molecule has 0 saturated heterocycles. The molecule has 0 fully saturated rings. The first-order valence-corrected chi connectivity index (χ1v) is 6.84. The Morgan fingerprint density at radius 1 is 1.10 bits per heavy atom. The molecule has 0 radical (unpaired) electrons. The number of aromatic nitrogens is 1. The van der Waals surface area contributed by atoms with Gasteiger partial charge in [-0.05, 0) is 23.8 Å². The van der Waals surface area contributed by atoms with Crippen LogP contribution in [0.25, 0.3) is 11.1 Å². The number of benzene rings is 1. The molecular formula is C13H7Cl4NO2. The van der Waals surface area contributed by atoms with E-state index in [0.29, 0.717) is 11.1 Å². The number of ether oxygens (including phenoxy) is 1. The van der Waals surface area contributed by atoms with Crippen LogP contribution in [-0.4, -0.2) is 18.1 Å². The smallest absolute Gasteiger partial charge is 0.338 e. The van der Waals surface area contributed by atoms with Crippen molar-refractivity contribution in [1.82, 2.24) is 4.98 Å². The van der Waals surface area contributed by atoms with Crippen molar-refractivity contribution in [3.63, 3.8) is 0 Å². The molecule has 3 nitrogen and oxygen atoms in total. The number of halogens is 4. The molecule has 0 saturated carbocycles. The highest BCUT2D eigenvalue weighted by molar-refractivity contribution is 6.48. The zero-order chi connectivity index (χ0) is 14.9. The third-order valence-electron chi connectivity index (χ3n) is 2.57. The van der Waals surface area contributed by atoms with Gasteiger partial charge in [-0.15, -0.1) is 0 Å². The summed E-state index contributed by atoms with van der Waals surface area (Å²) >= 11 is 23.7. The van der Waals surface area contributed by atoms with E-state index in [9.17, 15) is 4.79 Å². The van der Waals surface area contributed by atoms with Crippen molar-refractivity contribution in [3.05, 3.63) is 50.2 Å². The van der Waals surface area contributed by atoms with Gasteiger partial charge in [-0.1, -0.05) is 46.4 Å². The summed E-state index contributed by atoms with van der Waals surface area (Å²) in [7, 11) is 1.28. The van der Waals surface area contributed by atoms with E-state index in [2.05, 4.69) is 4.98 Å². The number of carbonyl (C=O) groups excluding carboxylic acids is 1. The first kappa shape index (κ1) is 15.4. The fraction of sp³-hybridized carbons (Fsp3) is 0.0769. The fourth-order valence-electron chi connectivity index (χ4n) is 1.65. The molecule has 20 heavy (non-hydrogen) atoms. The Bertz CT molecular complexity index is 665. The van der Waals surface area contributed by atoms with Crippen molar-refractivity contribution in [2.75, 3.05) is 7.11 Å². The fourth-order valence-corrected chi connectivity index (χ4v) is 2.40. The summed E-state index contributed by atoms with van der Waals surface area (Å²) in [5.41, 5.74) is 1.36. The number of carbonyl (C=O) groups is 1. The van der Waals surface area contributed by atoms with Crippen LogP contribution in [0.2, 0.25) is 20.2 Å². The van der Waals surface area contributed by atoms with Gasteiger partial charge in [0.1, 0.15) is 5.15 Å². The van der Waals surface area contributed by atoms with Gasteiger partial charge >= 0.3 is 5.97 Å². The molecule has 0 unspecified atom stereocenters. The number of nitrogens with zero attached hydrogens (tertiary/aromatic N) is 1.